The van der Waals surface area contributed by atoms with Crippen LogP contribution in [0.25, 0.3) is 11.1 Å². The van der Waals surface area contributed by atoms with Crippen molar-refractivity contribution in [1.82, 2.24) is 4.98 Å². The average molecular weight is 406 g/mol. The van der Waals surface area contributed by atoms with Crippen LogP contribution in [0.15, 0.2) is 34.8 Å². The summed E-state index contributed by atoms with van der Waals surface area (Å²) >= 11 is 5.98. The lowest BCUT2D eigenvalue weighted by molar-refractivity contribution is 0.152. The number of hydrogen-bond donors (Lipinski definition) is 1. The largest absolute Gasteiger partial charge is 0.441 e. The van der Waals surface area contributed by atoms with Crippen LogP contribution in [0.5, 0.6) is 0 Å². The molecule has 1 aromatic carbocycles. The maximum absolute atomic E-state index is 10.1. The number of halogens is 1. The Morgan fingerprint density at radius 1 is 1.00 bits per heavy atom. The van der Waals surface area contributed by atoms with Gasteiger partial charge in [-0.1, -0.05) is 69.2 Å². The Morgan fingerprint density at radius 2 is 1.79 bits per heavy atom. The zero-order valence-electron chi connectivity index (χ0n) is 17.3. The highest BCUT2D eigenvalue weighted by molar-refractivity contribution is 6.31. The van der Waals surface area contributed by atoms with E-state index in [9.17, 15) is 5.11 Å². The van der Waals surface area contributed by atoms with Crippen molar-refractivity contribution >= 4 is 22.7 Å². The van der Waals surface area contributed by atoms with Gasteiger partial charge in [-0.25, -0.2) is 4.98 Å². The van der Waals surface area contributed by atoms with E-state index in [2.05, 4.69) is 24.1 Å². The fraction of sp³-hybridized carbons (Fsp3) is 0.625. The average Bonchev–Trinajstić information content (AvgIpc) is 3.08. The van der Waals surface area contributed by atoms with Gasteiger partial charge in [0, 0.05) is 11.4 Å². The summed E-state index contributed by atoms with van der Waals surface area (Å²) in [5.74, 6) is 0.801. The van der Waals surface area contributed by atoms with Crippen LogP contribution in [-0.2, 0) is 6.42 Å². The number of aliphatic hydroxyl groups is 1. The number of unbranched alkanes of at least 4 members (excludes halogenated alkanes) is 7. The molecular weight excluding hydrogens is 370 g/mol. The van der Waals surface area contributed by atoms with Gasteiger partial charge in [-0.05, 0) is 56.7 Å². The van der Waals surface area contributed by atoms with Gasteiger partial charge < -0.3 is 9.52 Å². The van der Waals surface area contributed by atoms with Crippen LogP contribution in [0.2, 0.25) is 5.02 Å². The van der Waals surface area contributed by atoms with E-state index in [-0.39, 0.29) is 6.10 Å². The van der Waals surface area contributed by atoms with Crippen molar-refractivity contribution in [2.75, 3.05) is 0 Å². The van der Waals surface area contributed by atoms with Gasteiger partial charge in [-0.3, -0.25) is 0 Å². The Hall–Kier alpha value is -1.32. The number of benzene rings is 1. The molecule has 0 saturated heterocycles. The molecule has 0 spiro atoms. The summed E-state index contributed by atoms with van der Waals surface area (Å²) in [6, 6.07) is 5.55. The lowest BCUT2D eigenvalue weighted by Crippen LogP contribution is -2.05. The third kappa shape index (κ3) is 9.25. The molecule has 2 aromatic rings. The predicted octanol–water partition coefficient (Wildman–Crippen LogP) is 7.64. The first-order valence-corrected chi connectivity index (χ1v) is 11.4. The molecule has 0 unspecified atom stereocenters. The van der Waals surface area contributed by atoms with Crippen molar-refractivity contribution in [1.29, 1.82) is 0 Å². The fourth-order valence-corrected chi connectivity index (χ4v) is 3.59. The number of aryl methyl sites for hydroxylation is 1. The summed E-state index contributed by atoms with van der Waals surface area (Å²) in [6.07, 6.45) is 18.9. The first-order valence-electron chi connectivity index (χ1n) is 11.1. The highest BCUT2D eigenvalue weighted by atomic mass is 35.5. The van der Waals surface area contributed by atoms with Crippen LogP contribution in [0, 0.1) is 0 Å². The third-order valence-electron chi connectivity index (χ3n) is 5.13. The number of fused-ring (bicyclic) bond motifs is 1. The molecule has 3 nitrogen and oxygen atoms in total. The molecule has 156 valence electrons. The summed E-state index contributed by atoms with van der Waals surface area (Å²) in [7, 11) is 0. The summed E-state index contributed by atoms with van der Waals surface area (Å²) < 4.78 is 5.75. The van der Waals surface area contributed by atoms with Crippen LogP contribution in [0.4, 0.5) is 0 Å². The SMILES string of the molecule is CCCCC/C=C\CC[C@H](O)CCCCCCCc1nc2cc(Cl)ccc2o1. The van der Waals surface area contributed by atoms with Crippen LogP contribution in [0.1, 0.15) is 89.9 Å². The molecule has 0 bridgehead atoms. The Labute approximate surface area is 175 Å². The van der Waals surface area contributed by atoms with Crippen LogP contribution >= 0.6 is 11.6 Å². The normalized spacial score (nSPS) is 13.0. The molecular formula is C24H36ClNO2. The van der Waals surface area contributed by atoms with Gasteiger partial charge in [0.25, 0.3) is 0 Å². The Bertz CT molecular complexity index is 695. The van der Waals surface area contributed by atoms with Crippen LogP contribution in [0.3, 0.4) is 0 Å². The topological polar surface area (TPSA) is 46.3 Å². The first-order chi connectivity index (χ1) is 13.7. The number of aromatic nitrogens is 1. The van der Waals surface area contributed by atoms with Gasteiger partial charge >= 0.3 is 0 Å². The minimum atomic E-state index is -0.146. The molecule has 0 aliphatic heterocycles. The monoisotopic (exact) mass is 405 g/mol. The van der Waals surface area contributed by atoms with E-state index in [1.807, 2.05) is 18.2 Å². The number of rotatable bonds is 15. The van der Waals surface area contributed by atoms with E-state index >= 15 is 0 Å². The van der Waals surface area contributed by atoms with Gasteiger partial charge in [-0.2, -0.15) is 0 Å². The molecule has 1 N–H and O–H groups in total. The van der Waals surface area contributed by atoms with Crippen molar-refractivity contribution in [3.05, 3.63) is 41.3 Å². The molecule has 0 aliphatic carbocycles. The molecule has 1 heterocycles. The smallest absolute Gasteiger partial charge is 0.195 e. The minimum Gasteiger partial charge on any atom is -0.441 e. The van der Waals surface area contributed by atoms with Crippen LogP contribution < -0.4 is 0 Å². The zero-order valence-corrected chi connectivity index (χ0v) is 18.1. The number of nitrogens with zero attached hydrogens (tertiary/aromatic N) is 1. The quantitative estimate of drug-likeness (QED) is 0.244. The molecule has 2 rings (SSSR count). The highest BCUT2D eigenvalue weighted by Gasteiger charge is 2.06. The Balaban J connectivity index is 1.45. The molecule has 4 heteroatoms. The van der Waals surface area contributed by atoms with Crippen LogP contribution in [-0.4, -0.2) is 16.2 Å². The Morgan fingerprint density at radius 3 is 2.64 bits per heavy atom. The van der Waals surface area contributed by atoms with Crippen molar-refractivity contribution in [2.24, 2.45) is 0 Å². The molecule has 0 radical (unpaired) electrons. The van der Waals surface area contributed by atoms with Gasteiger partial charge in [0.1, 0.15) is 5.52 Å². The summed E-state index contributed by atoms with van der Waals surface area (Å²) in [5.41, 5.74) is 1.65. The molecule has 0 amide bonds. The molecule has 0 saturated carbocycles. The lowest BCUT2D eigenvalue weighted by Gasteiger charge is -2.08. The minimum absolute atomic E-state index is 0.146. The second kappa shape index (κ2) is 13.8. The van der Waals surface area contributed by atoms with E-state index in [0.717, 1.165) is 55.5 Å². The second-order valence-corrected chi connectivity index (χ2v) is 8.16. The van der Waals surface area contributed by atoms with Gasteiger partial charge in [0.15, 0.2) is 11.5 Å². The summed E-state index contributed by atoms with van der Waals surface area (Å²) in [5, 5.41) is 10.8. The molecule has 1 aromatic heterocycles. The summed E-state index contributed by atoms with van der Waals surface area (Å²) in [4.78, 5) is 4.50. The van der Waals surface area contributed by atoms with Gasteiger partial charge in [0.2, 0.25) is 0 Å². The number of aliphatic hydroxyl groups excluding tert-OH is 1. The van der Waals surface area contributed by atoms with Gasteiger partial charge in [-0.15, -0.1) is 0 Å². The third-order valence-corrected chi connectivity index (χ3v) is 5.36. The standard InChI is InChI=1S/C24H36ClNO2/c1-2-3-4-5-6-8-11-14-21(27)15-12-9-7-10-13-16-24-26-22-19-20(25)17-18-23(22)28-24/h6,8,17-19,21,27H,2-5,7,9-16H2,1H3/b8-6-/t21-/m0/s1. The second-order valence-electron chi connectivity index (χ2n) is 7.72. The van der Waals surface area contributed by atoms with Crippen molar-refractivity contribution in [3.63, 3.8) is 0 Å². The number of allylic oxidation sites excluding steroid dienone is 2. The molecule has 0 aliphatic rings. The van der Waals surface area contributed by atoms with E-state index in [1.165, 1.54) is 44.9 Å². The molecule has 1 atom stereocenters. The number of hydrogen-bond acceptors (Lipinski definition) is 3. The summed E-state index contributed by atoms with van der Waals surface area (Å²) in [6.45, 7) is 2.23. The van der Waals surface area contributed by atoms with Gasteiger partial charge in [0.05, 0.1) is 6.10 Å². The van der Waals surface area contributed by atoms with Crippen molar-refractivity contribution in [3.8, 4) is 0 Å². The Kier molecular flexibility index (Phi) is 11.3. The number of oxazole rings is 1. The fourth-order valence-electron chi connectivity index (χ4n) is 3.42. The first kappa shape index (κ1) is 23.0. The zero-order chi connectivity index (χ0) is 20.0. The molecule has 28 heavy (non-hydrogen) atoms. The maximum Gasteiger partial charge on any atom is 0.195 e. The van der Waals surface area contributed by atoms with E-state index in [1.54, 1.807) is 0 Å². The van der Waals surface area contributed by atoms with Crippen molar-refractivity contribution < 1.29 is 9.52 Å². The van der Waals surface area contributed by atoms with Crippen molar-refractivity contribution in [2.45, 2.75) is 96.5 Å². The molecule has 0 fully saturated rings. The predicted molar refractivity (Wildman–Crippen MR) is 119 cm³/mol. The van der Waals surface area contributed by atoms with E-state index in [4.69, 9.17) is 16.0 Å². The van der Waals surface area contributed by atoms with E-state index in [0.29, 0.717) is 5.02 Å². The maximum atomic E-state index is 10.1. The van der Waals surface area contributed by atoms with E-state index < -0.39 is 0 Å². The lowest BCUT2D eigenvalue weighted by atomic mass is 10.0. The highest BCUT2D eigenvalue weighted by Crippen LogP contribution is 2.21.